The Hall–Kier alpha value is -3.57. The molecule has 1 aromatic heterocycles. The monoisotopic (exact) mass is 403 g/mol. The van der Waals surface area contributed by atoms with Crippen LogP contribution in [0.4, 0.5) is 5.69 Å². The molecular formula is C23H18ClN3O2. The van der Waals surface area contributed by atoms with Crippen molar-refractivity contribution in [1.82, 2.24) is 9.78 Å². The number of carbonyl (C=O) groups excluding carboxylic acids is 1. The highest BCUT2D eigenvalue weighted by molar-refractivity contribution is 6.34. The zero-order chi connectivity index (χ0) is 20.2. The van der Waals surface area contributed by atoms with Crippen LogP contribution in [0.25, 0.3) is 16.9 Å². The first-order valence-electron chi connectivity index (χ1n) is 9.01. The minimum atomic E-state index is -0.293. The largest absolute Gasteiger partial charge is 0.497 e. The standard InChI is InChI=1S/C23H18ClN3O2/c1-29-18-11-7-8-16(14-18)22-19(15-27(26-22)17-9-3-2-4-10-17)23(28)25-21-13-6-5-12-20(21)24/h2-15H,1H3,(H,25,28). The van der Waals surface area contributed by atoms with Gasteiger partial charge in [-0.15, -0.1) is 0 Å². The van der Waals surface area contributed by atoms with E-state index in [2.05, 4.69) is 10.4 Å². The van der Waals surface area contributed by atoms with Crippen LogP contribution in [0.15, 0.2) is 85.1 Å². The molecular weight excluding hydrogens is 386 g/mol. The Morgan fingerprint density at radius 1 is 1.00 bits per heavy atom. The van der Waals surface area contributed by atoms with E-state index in [4.69, 9.17) is 16.3 Å². The number of nitrogens with zero attached hydrogens (tertiary/aromatic N) is 2. The summed E-state index contributed by atoms with van der Waals surface area (Å²) in [4.78, 5) is 13.1. The summed E-state index contributed by atoms with van der Waals surface area (Å²) < 4.78 is 7.02. The van der Waals surface area contributed by atoms with Crippen molar-refractivity contribution < 1.29 is 9.53 Å². The van der Waals surface area contributed by atoms with Crippen LogP contribution in [-0.2, 0) is 0 Å². The van der Waals surface area contributed by atoms with Crippen molar-refractivity contribution >= 4 is 23.2 Å². The van der Waals surface area contributed by atoms with Gasteiger partial charge in [0.15, 0.2) is 0 Å². The van der Waals surface area contributed by atoms with E-state index < -0.39 is 0 Å². The molecule has 0 aliphatic carbocycles. The van der Waals surface area contributed by atoms with E-state index in [0.29, 0.717) is 27.7 Å². The number of aromatic nitrogens is 2. The normalized spacial score (nSPS) is 10.6. The smallest absolute Gasteiger partial charge is 0.259 e. The van der Waals surface area contributed by atoms with Crippen LogP contribution in [0.2, 0.25) is 5.02 Å². The number of rotatable bonds is 5. The van der Waals surface area contributed by atoms with Gasteiger partial charge in [0.25, 0.3) is 5.91 Å². The number of hydrogen-bond donors (Lipinski definition) is 1. The Morgan fingerprint density at radius 3 is 2.52 bits per heavy atom. The molecule has 0 radical (unpaired) electrons. The van der Waals surface area contributed by atoms with Crippen molar-refractivity contribution in [3.8, 4) is 22.7 Å². The second-order valence-electron chi connectivity index (χ2n) is 6.34. The molecule has 0 spiro atoms. The van der Waals surface area contributed by atoms with Crippen LogP contribution in [-0.4, -0.2) is 22.8 Å². The summed E-state index contributed by atoms with van der Waals surface area (Å²) in [5.41, 5.74) is 3.17. The minimum absolute atomic E-state index is 0.293. The third-order valence-electron chi connectivity index (χ3n) is 4.44. The number of benzene rings is 3. The van der Waals surface area contributed by atoms with E-state index in [0.717, 1.165) is 11.3 Å². The fraction of sp³-hybridized carbons (Fsp3) is 0.0435. The number of amides is 1. The molecule has 3 aromatic carbocycles. The van der Waals surface area contributed by atoms with Gasteiger partial charge in [-0.25, -0.2) is 4.68 Å². The van der Waals surface area contributed by atoms with Gasteiger partial charge in [0, 0.05) is 11.8 Å². The number of hydrogen-bond acceptors (Lipinski definition) is 3. The van der Waals surface area contributed by atoms with Gasteiger partial charge in [0.1, 0.15) is 11.4 Å². The number of anilines is 1. The number of methoxy groups -OCH3 is 1. The Labute approximate surface area is 173 Å². The van der Waals surface area contributed by atoms with Crippen molar-refractivity contribution in [3.63, 3.8) is 0 Å². The highest BCUT2D eigenvalue weighted by Crippen LogP contribution is 2.28. The lowest BCUT2D eigenvalue weighted by atomic mass is 10.1. The quantitative estimate of drug-likeness (QED) is 0.481. The zero-order valence-electron chi connectivity index (χ0n) is 15.7. The third kappa shape index (κ3) is 4.00. The Kier molecular flexibility index (Phi) is 5.31. The number of ether oxygens (including phenoxy) is 1. The van der Waals surface area contributed by atoms with Gasteiger partial charge in [-0.05, 0) is 36.4 Å². The van der Waals surface area contributed by atoms with Gasteiger partial charge in [-0.2, -0.15) is 5.10 Å². The number of carbonyl (C=O) groups is 1. The van der Waals surface area contributed by atoms with Crippen molar-refractivity contribution in [3.05, 3.63) is 95.6 Å². The lowest BCUT2D eigenvalue weighted by Gasteiger charge is -2.07. The SMILES string of the molecule is COc1cccc(-c2nn(-c3ccccc3)cc2C(=O)Nc2ccccc2Cl)c1. The zero-order valence-corrected chi connectivity index (χ0v) is 16.4. The van der Waals surface area contributed by atoms with E-state index in [9.17, 15) is 4.79 Å². The van der Waals surface area contributed by atoms with Crippen LogP contribution in [0.5, 0.6) is 5.75 Å². The van der Waals surface area contributed by atoms with Crippen molar-refractivity contribution in [2.24, 2.45) is 0 Å². The van der Waals surface area contributed by atoms with E-state index in [1.54, 1.807) is 30.1 Å². The lowest BCUT2D eigenvalue weighted by Crippen LogP contribution is -2.12. The molecule has 4 aromatic rings. The molecule has 0 unspecified atom stereocenters. The topological polar surface area (TPSA) is 56.2 Å². The van der Waals surface area contributed by atoms with Gasteiger partial charge >= 0.3 is 0 Å². The number of para-hydroxylation sites is 2. The molecule has 0 aliphatic rings. The molecule has 1 N–H and O–H groups in total. The predicted octanol–water partition coefficient (Wildman–Crippen LogP) is 5.45. The molecule has 5 nitrogen and oxygen atoms in total. The summed E-state index contributed by atoms with van der Waals surface area (Å²) in [6.45, 7) is 0. The van der Waals surface area contributed by atoms with E-state index in [1.807, 2.05) is 66.7 Å². The van der Waals surface area contributed by atoms with Gasteiger partial charge in [-0.1, -0.05) is 54.1 Å². The molecule has 0 bridgehead atoms. The van der Waals surface area contributed by atoms with Gasteiger partial charge < -0.3 is 10.1 Å². The highest BCUT2D eigenvalue weighted by atomic mass is 35.5. The molecule has 4 rings (SSSR count). The maximum atomic E-state index is 13.1. The highest BCUT2D eigenvalue weighted by Gasteiger charge is 2.20. The first-order valence-corrected chi connectivity index (χ1v) is 9.39. The fourth-order valence-corrected chi connectivity index (χ4v) is 3.17. The average molecular weight is 404 g/mol. The summed E-state index contributed by atoms with van der Waals surface area (Å²) in [5, 5.41) is 8.02. The summed E-state index contributed by atoms with van der Waals surface area (Å²) in [6.07, 6.45) is 1.72. The molecule has 0 saturated heterocycles. The van der Waals surface area contributed by atoms with E-state index >= 15 is 0 Å². The van der Waals surface area contributed by atoms with Crippen LogP contribution in [0.1, 0.15) is 10.4 Å². The molecule has 1 amide bonds. The van der Waals surface area contributed by atoms with E-state index in [-0.39, 0.29) is 5.91 Å². The van der Waals surface area contributed by atoms with Crippen molar-refractivity contribution in [2.75, 3.05) is 12.4 Å². The van der Waals surface area contributed by atoms with Crippen molar-refractivity contribution in [2.45, 2.75) is 0 Å². The fourth-order valence-electron chi connectivity index (χ4n) is 2.99. The summed E-state index contributed by atoms with van der Waals surface area (Å²) in [7, 11) is 1.60. The second-order valence-corrected chi connectivity index (χ2v) is 6.74. The molecule has 0 aliphatic heterocycles. The average Bonchev–Trinajstić information content (AvgIpc) is 3.22. The third-order valence-corrected chi connectivity index (χ3v) is 4.77. The first-order chi connectivity index (χ1) is 14.2. The minimum Gasteiger partial charge on any atom is -0.497 e. The molecule has 144 valence electrons. The van der Waals surface area contributed by atoms with Gasteiger partial charge in [-0.3, -0.25) is 4.79 Å². The van der Waals surface area contributed by atoms with Gasteiger partial charge in [0.2, 0.25) is 0 Å². The molecule has 6 heteroatoms. The predicted molar refractivity (Wildman–Crippen MR) is 115 cm³/mol. The second kappa shape index (κ2) is 8.20. The Balaban J connectivity index is 1.79. The molecule has 0 saturated carbocycles. The molecule has 0 atom stereocenters. The van der Waals surface area contributed by atoms with E-state index in [1.165, 1.54) is 0 Å². The van der Waals surface area contributed by atoms with Crippen LogP contribution in [0, 0.1) is 0 Å². The van der Waals surface area contributed by atoms with Crippen molar-refractivity contribution in [1.29, 1.82) is 0 Å². The lowest BCUT2D eigenvalue weighted by molar-refractivity contribution is 0.102. The first kappa shape index (κ1) is 18.8. The maximum absolute atomic E-state index is 13.1. The number of nitrogens with one attached hydrogen (secondary N) is 1. The van der Waals surface area contributed by atoms with Crippen LogP contribution in [0.3, 0.4) is 0 Å². The van der Waals surface area contributed by atoms with Crippen LogP contribution >= 0.6 is 11.6 Å². The Bertz CT molecular complexity index is 1160. The van der Waals surface area contributed by atoms with Crippen LogP contribution < -0.4 is 10.1 Å². The van der Waals surface area contributed by atoms with Gasteiger partial charge in [0.05, 0.1) is 29.1 Å². The summed E-state index contributed by atoms with van der Waals surface area (Å²) in [5.74, 6) is 0.396. The summed E-state index contributed by atoms with van der Waals surface area (Å²) >= 11 is 6.20. The Morgan fingerprint density at radius 2 is 1.76 bits per heavy atom. The molecule has 29 heavy (non-hydrogen) atoms. The molecule has 0 fully saturated rings. The molecule has 1 heterocycles. The maximum Gasteiger partial charge on any atom is 0.259 e. The summed E-state index contributed by atoms with van der Waals surface area (Å²) in [6, 6.07) is 24.2. The number of halogens is 1.